The Morgan fingerprint density at radius 1 is 1.30 bits per heavy atom. The lowest BCUT2D eigenvalue weighted by atomic mass is 10.1. The van der Waals surface area contributed by atoms with Crippen LogP contribution in [-0.2, 0) is 26.8 Å². The zero-order chi connectivity index (χ0) is 17.2. The van der Waals surface area contributed by atoms with Crippen LogP contribution in [0, 0.1) is 13.8 Å². The van der Waals surface area contributed by atoms with Crippen LogP contribution in [0.25, 0.3) is 0 Å². The number of rotatable bonds is 6. The molecule has 0 aliphatic rings. The second-order valence-corrected chi connectivity index (χ2v) is 6.95. The summed E-state index contributed by atoms with van der Waals surface area (Å²) in [6.07, 6.45) is -0.451. The number of aliphatic carboxylic acids is 1. The van der Waals surface area contributed by atoms with E-state index < -0.39 is 28.0 Å². The summed E-state index contributed by atoms with van der Waals surface area (Å²) in [6, 6.07) is 3.26. The Kier molecular flexibility index (Phi) is 4.69. The number of hydrogen-bond acceptors (Lipinski definition) is 7. The van der Waals surface area contributed by atoms with Crippen molar-refractivity contribution >= 4 is 15.8 Å². The predicted molar refractivity (Wildman–Crippen MR) is 79.0 cm³/mol. The number of aryl methyl sites for hydroxylation is 2. The smallest absolute Gasteiger partial charge is 0.312 e. The molecule has 0 bridgehead atoms. The molecule has 0 atom stereocenters. The third kappa shape index (κ3) is 3.86. The fourth-order valence-corrected chi connectivity index (χ4v) is 4.01. The number of ether oxygens (including phenoxy) is 1. The fraction of sp³-hybridized carbons (Fsp3) is 0.357. The Morgan fingerprint density at radius 2 is 1.91 bits per heavy atom. The minimum absolute atomic E-state index is 0.0733. The molecule has 23 heavy (non-hydrogen) atoms. The third-order valence-electron chi connectivity index (χ3n) is 3.11. The molecule has 8 nitrogen and oxygen atoms in total. The molecule has 0 saturated heterocycles. The number of benzene rings is 1. The SMILES string of the molecule is COc1cc(C)c(S(=O)(=O)Cc2noc(CC(=O)O)n2)c(C)c1. The highest BCUT2D eigenvalue weighted by Crippen LogP contribution is 2.27. The Morgan fingerprint density at radius 3 is 2.43 bits per heavy atom. The summed E-state index contributed by atoms with van der Waals surface area (Å²) >= 11 is 0. The van der Waals surface area contributed by atoms with Crippen molar-refractivity contribution in [1.82, 2.24) is 10.1 Å². The van der Waals surface area contributed by atoms with Crippen LogP contribution in [0.4, 0.5) is 0 Å². The fourth-order valence-electron chi connectivity index (χ4n) is 2.31. The largest absolute Gasteiger partial charge is 0.497 e. The van der Waals surface area contributed by atoms with E-state index in [0.29, 0.717) is 16.9 Å². The number of aromatic nitrogens is 2. The molecule has 0 spiro atoms. The second-order valence-electron chi connectivity index (χ2n) is 5.02. The summed E-state index contributed by atoms with van der Waals surface area (Å²) in [6.45, 7) is 3.35. The number of carboxylic acid groups (broad SMARTS) is 1. The first-order valence-electron chi connectivity index (χ1n) is 6.64. The normalized spacial score (nSPS) is 11.4. The topological polar surface area (TPSA) is 120 Å². The minimum atomic E-state index is -3.70. The average Bonchev–Trinajstić information content (AvgIpc) is 2.82. The van der Waals surface area contributed by atoms with Crippen molar-refractivity contribution < 1.29 is 27.6 Å². The summed E-state index contributed by atoms with van der Waals surface area (Å²) in [5.41, 5.74) is 1.10. The molecule has 0 unspecified atom stereocenters. The van der Waals surface area contributed by atoms with Gasteiger partial charge in [-0.15, -0.1) is 0 Å². The summed E-state index contributed by atoms with van der Waals surface area (Å²) in [5.74, 6) is -1.24. The molecule has 0 fully saturated rings. The first kappa shape index (κ1) is 16.9. The van der Waals surface area contributed by atoms with Crippen LogP contribution >= 0.6 is 0 Å². The van der Waals surface area contributed by atoms with E-state index in [9.17, 15) is 13.2 Å². The maximum atomic E-state index is 12.6. The van der Waals surface area contributed by atoms with E-state index in [1.165, 1.54) is 7.11 Å². The molecular formula is C14H16N2O6S. The van der Waals surface area contributed by atoms with Crippen molar-refractivity contribution in [2.45, 2.75) is 30.9 Å². The highest BCUT2D eigenvalue weighted by atomic mass is 32.2. The Hall–Kier alpha value is -2.42. The summed E-state index contributed by atoms with van der Waals surface area (Å²) < 4.78 is 35.0. The molecule has 0 aliphatic carbocycles. The van der Waals surface area contributed by atoms with E-state index in [1.54, 1.807) is 26.0 Å². The maximum Gasteiger partial charge on any atom is 0.312 e. The van der Waals surface area contributed by atoms with Gasteiger partial charge in [0.05, 0.1) is 12.0 Å². The quantitative estimate of drug-likeness (QED) is 0.835. The maximum absolute atomic E-state index is 12.6. The average molecular weight is 340 g/mol. The zero-order valence-corrected chi connectivity index (χ0v) is 13.7. The van der Waals surface area contributed by atoms with Crippen LogP contribution in [0.2, 0.25) is 0 Å². The van der Waals surface area contributed by atoms with E-state index in [2.05, 4.69) is 10.1 Å². The molecule has 2 aromatic rings. The highest BCUT2D eigenvalue weighted by Gasteiger charge is 2.24. The van der Waals surface area contributed by atoms with E-state index in [0.717, 1.165) is 0 Å². The van der Waals surface area contributed by atoms with Gasteiger partial charge in [0, 0.05) is 0 Å². The lowest BCUT2D eigenvalue weighted by molar-refractivity contribution is -0.136. The monoisotopic (exact) mass is 340 g/mol. The number of carbonyl (C=O) groups is 1. The first-order chi connectivity index (χ1) is 10.7. The first-order valence-corrected chi connectivity index (χ1v) is 8.29. The van der Waals surface area contributed by atoms with Crippen LogP contribution in [0.15, 0.2) is 21.6 Å². The number of methoxy groups -OCH3 is 1. The van der Waals surface area contributed by atoms with Gasteiger partial charge in [0.25, 0.3) is 0 Å². The molecule has 0 radical (unpaired) electrons. The Bertz CT molecular complexity index is 818. The van der Waals surface area contributed by atoms with Crippen molar-refractivity contribution in [2.75, 3.05) is 7.11 Å². The highest BCUT2D eigenvalue weighted by molar-refractivity contribution is 7.90. The molecule has 1 heterocycles. The molecule has 2 rings (SSSR count). The van der Waals surface area contributed by atoms with Gasteiger partial charge in [-0.05, 0) is 37.1 Å². The second kappa shape index (κ2) is 6.37. The molecule has 9 heteroatoms. The van der Waals surface area contributed by atoms with Gasteiger partial charge in [-0.3, -0.25) is 4.79 Å². The molecule has 1 aromatic heterocycles. The van der Waals surface area contributed by atoms with Gasteiger partial charge in [0.2, 0.25) is 5.89 Å². The van der Waals surface area contributed by atoms with Crippen LogP contribution in [-0.4, -0.2) is 36.7 Å². The van der Waals surface area contributed by atoms with E-state index in [4.69, 9.17) is 14.4 Å². The van der Waals surface area contributed by atoms with E-state index >= 15 is 0 Å². The zero-order valence-electron chi connectivity index (χ0n) is 12.9. The van der Waals surface area contributed by atoms with Gasteiger partial charge in [-0.1, -0.05) is 5.16 Å². The van der Waals surface area contributed by atoms with Gasteiger partial charge in [-0.25, -0.2) is 8.42 Å². The van der Waals surface area contributed by atoms with Gasteiger partial charge in [-0.2, -0.15) is 4.98 Å². The van der Waals surface area contributed by atoms with E-state index in [1.807, 2.05) is 0 Å². The Labute approximate surface area is 133 Å². The molecule has 0 saturated carbocycles. The number of hydrogen-bond donors (Lipinski definition) is 1. The van der Waals surface area contributed by atoms with Crippen molar-refractivity contribution in [2.24, 2.45) is 0 Å². The van der Waals surface area contributed by atoms with Gasteiger partial charge in [0.15, 0.2) is 15.7 Å². The lowest BCUT2D eigenvalue weighted by Gasteiger charge is -2.11. The van der Waals surface area contributed by atoms with E-state index in [-0.39, 0.29) is 16.6 Å². The van der Waals surface area contributed by atoms with Gasteiger partial charge >= 0.3 is 5.97 Å². The molecule has 1 aromatic carbocycles. The minimum Gasteiger partial charge on any atom is -0.497 e. The summed E-state index contributed by atoms with van der Waals surface area (Å²) in [4.78, 5) is 14.6. The summed E-state index contributed by atoms with van der Waals surface area (Å²) in [5, 5.41) is 12.2. The Balaban J connectivity index is 2.32. The van der Waals surface area contributed by atoms with Crippen LogP contribution in [0.1, 0.15) is 22.8 Å². The molecule has 0 amide bonds. The lowest BCUT2D eigenvalue weighted by Crippen LogP contribution is -2.10. The van der Waals surface area contributed by atoms with Gasteiger partial charge < -0.3 is 14.4 Å². The number of sulfone groups is 1. The van der Waals surface area contributed by atoms with Crippen molar-refractivity contribution in [1.29, 1.82) is 0 Å². The van der Waals surface area contributed by atoms with Crippen LogP contribution < -0.4 is 4.74 Å². The summed E-state index contributed by atoms with van der Waals surface area (Å²) in [7, 11) is -2.20. The molecular weight excluding hydrogens is 324 g/mol. The van der Waals surface area contributed by atoms with Crippen molar-refractivity contribution in [3.63, 3.8) is 0 Å². The third-order valence-corrected chi connectivity index (χ3v) is 5.02. The van der Waals surface area contributed by atoms with Crippen LogP contribution in [0.3, 0.4) is 0 Å². The number of nitrogens with zero attached hydrogens (tertiary/aromatic N) is 2. The molecule has 0 aliphatic heterocycles. The molecule has 124 valence electrons. The number of carboxylic acids is 1. The van der Waals surface area contributed by atoms with Gasteiger partial charge in [0.1, 0.15) is 17.9 Å². The van der Waals surface area contributed by atoms with Crippen LogP contribution in [0.5, 0.6) is 5.75 Å². The standard InChI is InChI=1S/C14H16N2O6S/c1-8-4-10(21-3)5-9(2)14(8)23(19,20)7-11-15-12(22-16-11)6-13(17)18/h4-5H,6-7H2,1-3H3,(H,17,18). The predicted octanol–water partition coefficient (Wildman–Crippen LogP) is 1.30. The van der Waals surface area contributed by atoms with Crippen molar-refractivity contribution in [3.05, 3.63) is 35.0 Å². The van der Waals surface area contributed by atoms with Crippen molar-refractivity contribution in [3.8, 4) is 5.75 Å². The molecule has 1 N–H and O–H groups in total.